The fourth-order valence-corrected chi connectivity index (χ4v) is 2.19. The summed E-state index contributed by atoms with van der Waals surface area (Å²) in [5.41, 5.74) is 10.5. The summed E-state index contributed by atoms with van der Waals surface area (Å²) in [5, 5.41) is 33.7. The zero-order chi connectivity index (χ0) is 22.7. The molecular weight excluding hydrogens is 390 g/mol. The molecule has 0 rings (SSSR count). The number of carboxylic acid groups (broad SMARTS) is 1. The Balaban J connectivity index is 5.23. The average molecular weight is 419 g/mol. The predicted molar refractivity (Wildman–Crippen MR) is 98.8 cm³/mol. The number of amides is 4. The van der Waals surface area contributed by atoms with Crippen molar-refractivity contribution in [1.82, 2.24) is 16.0 Å². The van der Waals surface area contributed by atoms with Gasteiger partial charge in [-0.1, -0.05) is 20.3 Å². The lowest BCUT2D eigenvalue weighted by Crippen LogP contribution is -2.59. The maximum absolute atomic E-state index is 12.6. The monoisotopic (exact) mass is 419 g/mol. The molecule has 0 bridgehead atoms. The van der Waals surface area contributed by atoms with Gasteiger partial charge in [-0.2, -0.15) is 0 Å². The van der Waals surface area contributed by atoms with Crippen LogP contribution in [0.2, 0.25) is 0 Å². The van der Waals surface area contributed by atoms with Crippen LogP contribution in [0.5, 0.6) is 0 Å². The number of carbonyl (C=O) groups excluding carboxylic acids is 4. The summed E-state index contributed by atoms with van der Waals surface area (Å²) in [6.07, 6.45) is 0.0189. The third-order valence-electron chi connectivity index (χ3n) is 4.16. The summed E-state index contributed by atoms with van der Waals surface area (Å²) in [7, 11) is 0. The van der Waals surface area contributed by atoms with Crippen LogP contribution in [0.15, 0.2) is 0 Å². The van der Waals surface area contributed by atoms with Crippen LogP contribution in [0.25, 0.3) is 0 Å². The SMILES string of the molecule is CCC(C)C(NC(=O)C(N)CC(N)=O)C(=O)NC(CO)C(=O)NC(CO)C(=O)O. The van der Waals surface area contributed by atoms with Crippen LogP contribution in [0.4, 0.5) is 0 Å². The van der Waals surface area contributed by atoms with Crippen molar-refractivity contribution in [1.29, 1.82) is 0 Å². The van der Waals surface area contributed by atoms with Crippen LogP contribution >= 0.6 is 0 Å². The molecule has 0 aromatic heterocycles. The zero-order valence-electron chi connectivity index (χ0n) is 16.3. The molecule has 0 spiro atoms. The first-order valence-electron chi connectivity index (χ1n) is 8.87. The van der Waals surface area contributed by atoms with Crippen molar-refractivity contribution < 1.29 is 39.3 Å². The molecule has 5 atom stereocenters. The quantitative estimate of drug-likeness (QED) is 0.144. The number of hydrogen-bond donors (Lipinski definition) is 8. The van der Waals surface area contributed by atoms with E-state index in [1.54, 1.807) is 13.8 Å². The molecule has 0 aliphatic carbocycles. The highest BCUT2D eigenvalue weighted by Gasteiger charge is 2.32. The molecule has 0 saturated heterocycles. The molecule has 166 valence electrons. The van der Waals surface area contributed by atoms with Gasteiger partial charge in [-0.05, 0) is 5.92 Å². The normalized spacial score (nSPS) is 15.9. The van der Waals surface area contributed by atoms with Gasteiger partial charge in [-0.25, -0.2) is 4.79 Å². The molecule has 29 heavy (non-hydrogen) atoms. The number of aliphatic hydroxyl groups excluding tert-OH is 2. The molecule has 0 heterocycles. The van der Waals surface area contributed by atoms with E-state index in [1.165, 1.54) is 0 Å². The van der Waals surface area contributed by atoms with E-state index in [9.17, 15) is 29.1 Å². The van der Waals surface area contributed by atoms with E-state index in [0.29, 0.717) is 6.42 Å². The maximum atomic E-state index is 12.6. The van der Waals surface area contributed by atoms with Gasteiger partial charge >= 0.3 is 5.97 Å². The van der Waals surface area contributed by atoms with E-state index in [0.717, 1.165) is 0 Å². The first-order valence-corrected chi connectivity index (χ1v) is 8.87. The number of rotatable bonds is 13. The summed E-state index contributed by atoms with van der Waals surface area (Å²) in [6.45, 7) is 1.63. The molecule has 0 aromatic rings. The van der Waals surface area contributed by atoms with Crippen molar-refractivity contribution in [3.8, 4) is 0 Å². The highest BCUT2D eigenvalue weighted by atomic mass is 16.4. The lowest BCUT2D eigenvalue weighted by atomic mass is 9.97. The summed E-state index contributed by atoms with van der Waals surface area (Å²) in [4.78, 5) is 58.5. The Hall–Kier alpha value is -2.77. The standard InChI is InChI=1S/C16H29N5O8/c1-3-7(2)12(21-13(25)8(17)4-11(18)24)15(27)19-9(5-22)14(26)20-10(6-23)16(28)29/h7-10,12,22-23H,3-6,17H2,1-2H3,(H2,18,24)(H,19,27)(H,20,26)(H,21,25)(H,28,29). The van der Waals surface area contributed by atoms with E-state index in [-0.39, 0.29) is 0 Å². The summed E-state index contributed by atoms with van der Waals surface area (Å²) >= 11 is 0. The van der Waals surface area contributed by atoms with Crippen molar-refractivity contribution in [2.45, 2.75) is 50.9 Å². The Morgan fingerprint density at radius 1 is 0.897 bits per heavy atom. The number of hydrogen-bond acceptors (Lipinski definition) is 8. The average Bonchev–Trinajstić information content (AvgIpc) is 2.66. The predicted octanol–water partition coefficient (Wildman–Crippen LogP) is -4.24. The minimum Gasteiger partial charge on any atom is -0.480 e. The van der Waals surface area contributed by atoms with E-state index in [2.05, 4.69) is 10.6 Å². The molecule has 0 aliphatic heterocycles. The van der Waals surface area contributed by atoms with E-state index >= 15 is 0 Å². The number of nitrogens with two attached hydrogens (primary N) is 2. The molecule has 13 nitrogen and oxygen atoms in total. The maximum Gasteiger partial charge on any atom is 0.328 e. The van der Waals surface area contributed by atoms with Gasteiger partial charge in [0.05, 0.1) is 25.7 Å². The second-order valence-electron chi connectivity index (χ2n) is 6.47. The minimum atomic E-state index is -1.62. The van der Waals surface area contributed by atoms with E-state index in [1.807, 2.05) is 5.32 Å². The van der Waals surface area contributed by atoms with Crippen LogP contribution in [-0.4, -0.2) is 82.3 Å². The first-order chi connectivity index (χ1) is 13.5. The van der Waals surface area contributed by atoms with Crippen LogP contribution < -0.4 is 27.4 Å². The largest absolute Gasteiger partial charge is 0.480 e. The molecule has 0 saturated carbocycles. The highest BCUT2D eigenvalue weighted by molar-refractivity contribution is 5.95. The smallest absolute Gasteiger partial charge is 0.328 e. The highest BCUT2D eigenvalue weighted by Crippen LogP contribution is 2.09. The molecule has 10 N–H and O–H groups in total. The van der Waals surface area contributed by atoms with Crippen LogP contribution in [0, 0.1) is 5.92 Å². The Kier molecular flexibility index (Phi) is 11.4. The second-order valence-corrected chi connectivity index (χ2v) is 6.47. The summed E-state index contributed by atoms with van der Waals surface area (Å²) in [6, 6.07) is -5.57. The van der Waals surface area contributed by atoms with Gasteiger partial charge in [0.15, 0.2) is 0 Å². The van der Waals surface area contributed by atoms with Gasteiger partial charge in [0.25, 0.3) is 0 Å². The number of carbonyl (C=O) groups is 5. The third kappa shape index (κ3) is 8.85. The zero-order valence-corrected chi connectivity index (χ0v) is 16.3. The van der Waals surface area contributed by atoms with Crippen molar-refractivity contribution in [2.24, 2.45) is 17.4 Å². The molecule has 0 aliphatic rings. The van der Waals surface area contributed by atoms with Crippen molar-refractivity contribution >= 4 is 29.6 Å². The Morgan fingerprint density at radius 2 is 1.41 bits per heavy atom. The molecule has 4 amide bonds. The van der Waals surface area contributed by atoms with Gasteiger partial charge in [-0.3, -0.25) is 19.2 Å². The Bertz CT molecular complexity index is 614. The van der Waals surface area contributed by atoms with Gasteiger partial charge < -0.3 is 42.7 Å². The molecule has 0 aromatic carbocycles. The number of primary amides is 1. The summed E-state index contributed by atoms with van der Waals surface area (Å²) < 4.78 is 0. The van der Waals surface area contributed by atoms with E-state index < -0.39 is 79.3 Å². The fourth-order valence-electron chi connectivity index (χ4n) is 2.19. The van der Waals surface area contributed by atoms with Crippen LogP contribution in [0.1, 0.15) is 26.7 Å². The molecule has 0 radical (unpaired) electrons. The number of carboxylic acids is 1. The molecule has 5 unspecified atom stereocenters. The molecular formula is C16H29N5O8. The van der Waals surface area contributed by atoms with Crippen LogP contribution in [-0.2, 0) is 24.0 Å². The molecule has 0 fully saturated rings. The lowest BCUT2D eigenvalue weighted by molar-refractivity contribution is -0.143. The minimum absolute atomic E-state index is 0.411. The number of aliphatic carboxylic acids is 1. The lowest BCUT2D eigenvalue weighted by Gasteiger charge is -2.27. The first kappa shape index (κ1) is 26.2. The topological polar surface area (TPSA) is 234 Å². The third-order valence-corrected chi connectivity index (χ3v) is 4.16. The van der Waals surface area contributed by atoms with Gasteiger partial charge in [0.2, 0.25) is 23.6 Å². The number of aliphatic hydroxyl groups is 2. The van der Waals surface area contributed by atoms with Gasteiger partial charge in [0.1, 0.15) is 18.1 Å². The number of nitrogens with one attached hydrogen (secondary N) is 3. The van der Waals surface area contributed by atoms with Gasteiger partial charge in [-0.15, -0.1) is 0 Å². The Labute approximate surface area is 167 Å². The molecule has 13 heteroatoms. The fraction of sp³-hybridized carbons (Fsp3) is 0.688. The van der Waals surface area contributed by atoms with Gasteiger partial charge in [0, 0.05) is 0 Å². The second kappa shape index (κ2) is 12.6. The van der Waals surface area contributed by atoms with Crippen molar-refractivity contribution in [3.63, 3.8) is 0 Å². The van der Waals surface area contributed by atoms with Crippen molar-refractivity contribution in [3.05, 3.63) is 0 Å². The summed E-state index contributed by atoms with van der Waals surface area (Å²) in [5.74, 6) is -5.39. The van der Waals surface area contributed by atoms with Crippen LogP contribution in [0.3, 0.4) is 0 Å². The van der Waals surface area contributed by atoms with E-state index in [4.69, 9.17) is 21.7 Å². The van der Waals surface area contributed by atoms with Crippen molar-refractivity contribution in [2.75, 3.05) is 13.2 Å². The Morgan fingerprint density at radius 3 is 1.83 bits per heavy atom.